The fourth-order valence-electron chi connectivity index (χ4n) is 2.61. The Labute approximate surface area is 152 Å². The molecule has 26 heavy (non-hydrogen) atoms. The molecule has 2 aromatic carbocycles. The highest BCUT2D eigenvalue weighted by Crippen LogP contribution is 2.26. The van der Waals surface area contributed by atoms with Crippen LogP contribution in [0.1, 0.15) is 12.5 Å². The molecular weight excluding hydrogens is 324 g/mol. The van der Waals surface area contributed by atoms with E-state index in [-0.39, 0.29) is 17.5 Å². The van der Waals surface area contributed by atoms with Gasteiger partial charge in [-0.25, -0.2) is 0 Å². The van der Waals surface area contributed by atoms with Gasteiger partial charge in [-0.2, -0.15) is 0 Å². The van der Waals surface area contributed by atoms with Crippen molar-refractivity contribution in [2.45, 2.75) is 6.92 Å². The first-order chi connectivity index (χ1) is 12.6. The number of aliphatic imine (C=N–C) groups is 1. The van der Waals surface area contributed by atoms with Gasteiger partial charge in [0, 0.05) is 23.6 Å². The molecule has 0 amide bonds. The maximum Gasteiger partial charge on any atom is 0.168 e. The fraction of sp³-hybridized carbons (Fsp3) is 0.0909. The summed E-state index contributed by atoms with van der Waals surface area (Å²) < 4.78 is 0. The third-order valence-corrected chi connectivity index (χ3v) is 3.95. The second-order valence-electron chi connectivity index (χ2n) is 5.98. The van der Waals surface area contributed by atoms with Crippen LogP contribution in [-0.2, 0) is 4.79 Å². The zero-order chi connectivity index (χ0) is 18.4. The SMILES string of the molecule is C/C(=C\C(=O)C1C=CC=C1)Nc1ccccc1N=Cc1ccccc1O. The minimum absolute atomic E-state index is 0.0372. The molecule has 4 nitrogen and oxygen atoms in total. The summed E-state index contributed by atoms with van der Waals surface area (Å²) in [5.74, 6) is 0.0392. The van der Waals surface area contributed by atoms with Crippen molar-refractivity contribution in [2.75, 3.05) is 5.32 Å². The van der Waals surface area contributed by atoms with Gasteiger partial charge in [0.25, 0.3) is 0 Å². The van der Waals surface area contributed by atoms with Crippen LogP contribution in [0.25, 0.3) is 0 Å². The number of carbonyl (C=O) groups excluding carboxylic acids is 1. The molecule has 3 rings (SSSR count). The summed E-state index contributed by atoms with van der Waals surface area (Å²) in [7, 11) is 0. The lowest BCUT2D eigenvalue weighted by atomic mass is 10.1. The number of anilines is 1. The number of phenolic OH excluding ortho intramolecular Hbond substituents is 1. The van der Waals surface area contributed by atoms with Gasteiger partial charge in [0.2, 0.25) is 0 Å². The monoisotopic (exact) mass is 344 g/mol. The number of para-hydroxylation sites is 3. The van der Waals surface area contributed by atoms with Crippen LogP contribution in [0, 0.1) is 5.92 Å². The van der Waals surface area contributed by atoms with Gasteiger partial charge in [0.05, 0.1) is 17.3 Å². The van der Waals surface area contributed by atoms with Crippen LogP contribution < -0.4 is 5.32 Å². The van der Waals surface area contributed by atoms with Crippen molar-refractivity contribution in [3.8, 4) is 5.75 Å². The third-order valence-electron chi connectivity index (χ3n) is 3.95. The van der Waals surface area contributed by atoms with Gasteiger partial charge in [-0.1, -0.05) is 48.6 Å². The number of aromatic hydroxyl groups is 1. The summed E-state index contributed by atoms with van der Waals surface area (Å²) in [6.07, 6.45) is 10.7. The Balaban J connectivity index is 1.77. The van der Waals surface area contributed by atoms with Gasteiger partial charge in [0.15, 0.2) is 5.78 Å². The second kappa shape index (κ2) is 8.12. The highest BCUT2D eigenvalue weighted by atomic mass is 16.3. The molecule has 1 aliphatic carbocycles. The zero-order valence-electron chi connectivity index (χ0n) is 14.5. The van der Waals surface area contributed by atoms with Crippen molar-refractivity contribution >= 4 is 23.4 Å². The normalized spacial score (nSPS) is 14.3. The lowest BCUT2D eigenvalue weighted by molar-refractivity contribution is -0.115. The molecular formula is C22H20N2O2. The number of carbonyl (C=O) groups is 1. The highest BCUT2D eigenvalue weighted by molar-refractivity contribution is 5.96. The number of hydrogen-bond acceptors (Lipinski definition) is 4. The summed E-state index contributed by atoms with van der Waals surface area (Å²) in [5.41, 5.74) is 2.90. The highest BCUT2D eigenvalue weighted by Gasteiger charge is 2.12. The summed E-state index contributed by atoms with van der Waals surface area (Å²) in [5, 5.41) is 13.1. The minimum Gasteiger partial charge on any atom is -0.507 e. The number of nitrogens with one attached hydrogen (secondary N) is 1. The number of benzene rings is 2. The Kier molecular flexibility index (Phi) is 5.44. The molecule has 0 aliphatic heterocycles. The molecule has 0 aromatic heterocycles. The van der Waals surface area contributed by atoms with E-state index >= 15 is 0 Å². The smallest absolute Gasteiger partial charge is 0.168 e. The molecule has 0 spiro atoms. The molecule has 0 heterocycles. The molecule has 0 fully saturated rings. The zero-order valence-corrected chi connectivity index (χ0v) is 14.5. The fourth-order valence-corrected chi connectivity index (χ4v) is 2.61. The molecule has 0 atom stereocenters. The Hall–Kier alpha value is -3.40. The molecule has 2 aromatic rings. The molecule has 4 heteroatoms. The van der Waals surface area contributed by atoms with Crippen LogP contribution in [0.5, 0.6) is 5.75 Å². The first kappa shape index (κ1) is 17.4. The first-order valence-electron chi connectivity index (χ1n) is 8.39. The Morgan fingerprint density at radius 1 is 1.08 bits per heavy atom. The lowest BCUT2D eigenvalue weighted by Gasteiger charge is -2.10. The number of nitrogens with zero attached hydrogens (tertiary/aromatic N) is 1. The molecule has 0 unspecified atom stereocenters. The summed E-state index contributed by atoms with van der Waals surface area (Å²) in [6.45, 7) is 1.85. The van der Waals surface area contributed by atoms with Gasteiger partial charge in [0.1, 0.15) is 5.75 Å². The third kappa shape index (κ3) is 4.36. The van der Waals surface area contributed by atoms with Crippen molar-refractivity contribution in [2.24, 2.45) is 10.9 Å². The molecule has 0 bridgehead atoms. The topological polar surface area (TPSA) is 61.7 Å². The Bertz CT molecular complexity index is 911. The van der Waals surface area contributed by atoms with Crippen molar-refractivity contribution < 1.29 is 9.90 Å². The van der Waals surface area contributed by atoms with Crippen molar-refractivity contribution in [3.63, 3.8) is 0 Å². The van der Waals surface area contributed by atoms with Crippen molar-refractivity contribution in [1.82, 2.24) is 0 Å². The van der Waals surface area contributed by atoms with E-state index < -0.39 is 0 Å². The summed E-state index contributed by atoms with van der Waals surface area (Å²) >= 11 is 0. The lowest BCUT2D eigenvalue weighted by Crippen LogP contribution is -2.07. The van der Waals surface area contributed by atoms with Gasteiger partial charge in [-0.3, -0.25) is 9.79 Å². The van der Waals surface area contributed by atoms with E-state index in [9.17, 15) is 9.90 Å². The summed E-state index contributed by atoms with van der Waals surface area (Å²) in [6, 6.07) is 14.6. The number of ketones is 1. The molecule has 130 valence electrons. The van der Waals surface area contributed by atoms with E-state index in [2.05, 4.69) is 10.3 Å². The largest absolute Gasteiger partial charge is 0.507 e. The van der Waals surface area contributed by atoms with E-state index in [4.69, 9.17) is 0 Å². The van der Waals surface area contributed by atoms with Crippen LogP contribution in [0.4, 0.5) is 11.4 Å². The van der Waals surface area contributed by atoms with Gasteiger partial charge in [-0.05, 0) is 31.2 Å². The van der Waals surface area contributed by atoms with Crippen molar-refractivity contribution in [1.29, 1.82) is 0 Å². The van der Waals surface area contributed by atoms with Crippen LogP contribution >= 0.6 is 0 Å². The van der Waals surface area contributed by atoms with E-state index in [1.807, 2.05) is 61.6 Å². The van der Waals surface area contributed by atoms with Gasteiger partial charge < -0.3 is 10.4 Å². The molecule has 0 saturated carbocycles. The van der Waals surface area contributed by atoms with E-state index in [0.29, 0.717) is 5.56 Å². The average Bonchev–Trinajstić information content (AvgIpc) is 3.17. The Morgan fingerprint density at radius 3 is 2.54 bits per heavy atom. The van der Waals surface area contributed by atoms with Gasteiger partial charge in [-0.15, -0.1) is 0 Å². The van der Waals surface area contributed by atoms with Crippen LogP contribution in [0.2, 0.25) is 0 Å². The number of rotatable bonds is 6. The average molecular weight is 344 g/mol. The number of hydrogen-bond donors (Lipinski definition) is 2. The summed E-state index contributed by atoms with van der Waals surface area (Å²) in [4.78, 5) is 16.7. The van der Waals surface area contributed by atoms with E-state index in [1.54, 1.807) is 30.5 Å². The van der Waals surface area contributed by atoms with E-state index in [0.717, 1.165) is 17.1 Å². The molecule has 0 radical (unpaired) electrons. The van der Waals surface area contributed by atoms with Crippen LogP contribution in [0.15, 0.2) is 89.6 Å². The van der Waals surface area contributed by atoms with E-state index in [1.165, 1.54) is 0 Å². The maximum absolute atomic E-state index is 12.2. The quantitative estimate of drug-likeness (QED) is 0.586. The molecule has 1 aliphatic rings. The number of allylic oxidation sites excluding steroid dienone is 6. The predicted octanol–water partition coefficient (Wildman–Crippen LogP) is 4.77. The van der Waals surface area contributed by atoms with Gasteiger partial charge >= 0.3 is 0 Å². The Morgan fingerprint density at radius 2 is 1.77 bits per heavy atom. The predicted molar refractivity (Wildman–Crippen MR) is 106 cm³/mol. The number of phenols is 1. The maximum atomic E-state index is 12.2. The molecule has 2 N–H and O–H groups in total. The van der Waals surface area contributed by atoms with Crippen LogP contribution in [0.3, 0.4) is 0 Å². The van der Waals surface area contributed by atoms with Crippen LogP contribution in [-0.4, -0.2) is 17.1 Å². The standard InChI is InChI=1S/C22H20N2O2/c1-16(14-22(26)17-8-2-3-9-17)24-20-12-6-5-11-19(20)23-15-18-10-4-7-13-21(18)25/h2-15,17,24-25H,1H3/b16-14+,23-15?. The second-order valence-corrected chi connectivity index (χ2v) is 5.98. The molecule has 0 saturated heterocycles. The van der Waals surface area contributed by atoms with Crippen molar-refractivity contribution in [3.05, 3.63) is 90.2 Å². The minimum atomic E-state index is -0.180. The first-order valence-corrected chi connectivity index (χ1v) is 8.39.